The van der Waals surface area contributed by atoms with Crippen molar-refractivity contribution in [1.29, 1.82) is 0 Å². The van der Waals surface area contributed by atoms with E-state index in [1.807, 2.05) is 6.07 Å². The highest BCUT2D eigenvalue weighted by Crippen LogP contribution is 2.60. The molecule has 0 radical (unpaired) electrons. The SMILES string of the molecule is CC(C)C1(C(C)C)c2ccccc2-c2c1ccc1c2-c2cccc(-c3nc(-c4ccccc4)nc(-c4ccc5c(c4)C(C)(C)c4ccccc4-5)n3)c2CC1. The molecule has 54 heavy (non-hydrogen) atoms. The molecule has 7 aromatic rings. The Hall–Kier alpha value is -5.67. The van der Waals surface area contributed by atoms with E-state index in [0.29, 0.717) is 23.5 Å². The maximum absolute atomic E-state index is 5.34. The molecule has 0 saturated heterocycles. The van der Waals surface area contributed by atoms with Crippen LogP contribution >= 0.6 is 0 Å². The fraction of sp³-hybridized carbons (Fsp3) is 0.235. The Bertz CT molecular complexity index is 2640. The largest absolute Gasteiger partial charge is 0.208 e. The first-order valence-corrected chi connectivity index (χ1v) is 19.6. The molecule has 0 amide bonds. The van der Waals surface area contributed by atoms with Crippen molar-refractivity contribution >= 4 is 0 Å². The maximum Gasteiger partial charge on any atom is 0.164 e. The van der Waals surface area contributed by atoms with Gasteiger partial charge >= 0.3 is 0 Å². The molecule has 0 N–H and O–H groups in total. The molecular formula is C51H45N3. The van der Waals surface area contributed by atoms with Gasteiger partial charge in [0.15, 0.2) is 17.5 Å². The standard InChI is InChI=1S/C51H45N3/c1-30(2)51(31(3)4)42-22-13-11-18-40(42)46-43(51)28-25-32-23-26-35-38(45(32)46)19-14-20-39(35)49-53-47(33-15-8-7-9-16-33)52-48(54-49)34-24-27-37-36-17-10-12-21-41(36)50(5,6)44(37)29-34/h7-22,24-25,27-31H,23,26H2,1-6H3. The van der Waals surface area contributed by atoms with Crippen LogP contribution < -0.4 is 0 Å². The van der Waals surface area contributed by atoms with Crippen molar-refractivity contribution in [3.63, 3.8) is 0 Å². The molecule has 0 fully saturated rings. The van der Waals surface area contributed by atoms with Gasteiger partial charge in [0.1, 0.15) is 0 Å². The summed E-state index contributed by atoms with van der Waals surface area (Å²) in [7, 11) is 0. The highest BCUT2D eigenvalue weighted by Gasteiger charge is 2.49. The summed E-state index contributed by atoms with van der Waals surface area (Å²) in [5.74, 6) is 3.03. The number of nitrogens with zero attached hydrogens (tertiary/aromatic N) is 3. The van der Waals surface area contributed by atoms with Gasteiger partial charge in [0.2, 0.25) is 0 Å². The van der Waals surface area contributed by atoms with Crippen molar-refractivity contribution in [3.05, 3.63) is 161 Å². The van der Waals surface area contributed by atoms with E-state index >= 15 is 0 Å². The number of aromatic nitrogens is 3. The first-order chi connectivity index (χ1) is 26.2. The van der Waals surface area contributed by atoms with Gasteiger partial charge in [0, 0.05) is 27.5 Å². The molecule has 3 heteroatoms. The molecule has 3 nitrogen and oxygen atoms in total. The van der Waals surface area contributed by atoms with E-state index in [9.17, 15) is 0 Å². The third-order valence-corrected chi connectivity index (χ3v) is 13.0. The zero-order valence-electron chi connectivity index (χ0n) is 32.0. The van der Waals surface area contributed by atoms with E-state index in [1.54, 1.807) is 0 Å². The summed E-state index contributed by atoms with van der Waals surface area (Å²) in [6, 6.07) is 46.8. The van der Waals surface area contributed by atoms with Gasteiger partial charge in [-0.15, -0.1) is 0 Å². The number of benzene rings is 6. The molecular weight excluding hydrogens is 655 g/mol. The Labute approximate surface area is 319 Å². The average Bonchev–Trinajstić information content (AvgIpc) is 3.64. The normalized spacial score (nSPS) is 15.3. The van der Waals surface area contributed by atoms with Crippen molar-refractivity contribution < 1.29 is 0 Å². The van der Waals surface area contributed by atoms with Gasteiger partial charge in [-0.2, -0.15) is 0 Å². The van der Waals surface area contributed by atoms with Crippen molar-refractivity contribution in [2.45, 2.75) is 65.2 Å². The van der Waals surface area contributed by atoms with E-state index < -0.39 is 0 Å². The van der Waals surface area contributed by atoms with Crippen LogP contribution in [0.2, 0.25) is 0 Å². The van der Waals surface area contributed by atoms with Crippen molar-refractivity contribution in [2.24, 2.45) is 11.8 Å². The van der Waals surface area contributed by atoms with Gasteiger partial charge in [-0.05, 0) is 97.5 Å². The second kappa shape index (κ2) is 11.9. The lowest BCUT2D eigenvalue weighted by Crippen LogP contribution is -2.37. The summed E-state index contributed by atoms with van der Waals surface area (Å²) in [5.41, 5.74) is 19.4. The molecule has 1 aromatic heterocycles. The van der Waals surface area contributed by atoms with Crippen LogP contribution in [-0.2, 0) is 23.7 Å². The van der Waals surface area contributed by atoms with E-state index in [0.717, 1.165) is 35.4 Å². The third kappa shape index (κ3) is 4.51. The monoisotopic (exact) mass is 699 g/mol. The van der Waals surface area contributed by atoms with E-state index in [1.165, 1.54) is 66.8 Å². The molecule has 1 heterocycles. The fourth-order valence-corrected chi connectivity index (χ4v) is 10.6. The molecule has 10 rings (SSSR count). The van der Waals surface area contributed by atoms with Gasteiger partial charge < -0.3 is 0 Å². The highest BCUT2D eigenvalue weighted by atomic mass is 15.0. The molecule has 6 aromatic carbocycles. The second-order valence-corrected chi connectivity index (χ2v) is 16.7. The van der Waals surface area contributed by atoms with Crippen molar-refractivity contribution in [1.82, 2.24) is 15.0 Å². The van der Waals surface area contributed by atoms with Gasteiger partial charge in [-0.3, -0.25) is 0 Å². The van der Waals surface area contributed by atoms with Crippen LogP contribution in [0.15, 0.2) is 127 Å². The Balaban J connectivity index is 1.18. The number of hydrogen-bond acceptors (Lipinski definition) is 3. The summed E-state index contributed by atoms with van der Waals surface area (Å²) in [6.45, 7) is 14.3. The number of rotatable bonds is 5. The Morgan fingerprint density at radius 1 is 0.444 bits per heavy atom. The van der Waals surface area contributed by atoms with E-state index in [2.05, 4.69) is 163 Å². The maximum atomic E-state index is 5.34. The van der Waals surface area contributed by atoms with Crippen molar-refractivity contribution in [2.75, 3.05) is 0 Å². The number of fused-ring (bicyclic) bond motifs is 10. The zero-order chi connectivity index (χ0) is 36.9. The summed E-state index contributed by atoms with van der Waals surface area (Å²) in [5, 5.41) is 0. The molecule has 0 bridgehead atoms. The van der Waals surface area contributed by atoms with Crippen LogP contribution in [0.5, 0.6) is 0 Å². The molecule has 3 aliphatic rings. The van der Waals surface area contributed by atoms with Gasteiger partial charge in [0.25, 0.3) is 0 Å². The summed E-state index contributed by atoms with van der Waals surface area (Å²) < 4.78 is 0. The van der Waals surface area contributed by atoms with Crippen LogP contribution in [-0.4, -0.2) is 15.0 Å². The molecule has 0 saturated carbocycles. The summed E-state index contributed by atoms with van der Waals surface area (Å²) in [6.07, 6.45) is 1.92. The fourth-order valence-electron chi connectivity index (χ4n) is 10.6. The van der Waals surface area contributed by atoms with E-state index in [-0.39, 0.29) is 10.8 Å². The predicted octanol–water partition coefficient (Wildman–Crippen LogP) is 12.5. The summed E-state index contributed by atoms with van der Waals surface area (Å²) >= 11 is 0. The van der Waals surface area contributed by atoms with Gasteiger partial charge in [-0.25, -0.2) is 15.0 Å². The zero-order valence-corrected chi connectivity index (χ0v) is 32.0. The lowest BCUT2D eigenvalue weighted by atomic mass is 9.62. The first-order valence-electron chi connectivity index (χ1n) is 19.6. The topological polar surface area (TPSA) is 38.7 Å². The molecule has 0 spiro atoms. The molecule has 264 valence electrons. The Kier molecular flexibility index (Phi) is 7.27. The minimum Gasteiger partial charge on any atom is -0.208 e. The van der Waals surface area contributed by atoms with E-state index in [4.69, 9.17) is 15.0 Å². The smallest absolute Gasteiger partial charge is 0.164 e. The quantitative estimate of drug-likeness (QED) is 0.179. The van der Waals surface area contributed by atoms with Gasteiger partial charge in [0.05, 0.1) is 0 Å². The van der Waals surface area contributed by atoms with Crippen LogP contribution in [0.4, 0.5) is 0 Å². The molecule has 0 atom stereocenters. The summed E-state index contributed by atoms with van der Waals surface area (Å²) in [4.78, 5) is 15.8. The molecule has 0 unspecified atom stereocenters. The number of aryl methyl sites for hydroxylation is 1. The van der Waals surface area contributed by atoms with Crippen LogP contribution in [0, 0.1) is 11.8 Å². The lowest BCUT2D eigenvalue weighted by molar-refractivity contribution is 0.280. The van der Waals surface area contributed by atoms with Crippen LogP contribution in [0.1, 0.15) is 74.9 Å². The predicted molar refractivity (Wildman–Crippen MR) is 222 cm³/mol. The second-order valence-electron chi connectivity index (χ2n) is 16.7. The minimum atomic E-state index is -0.118. The average molecular weight is 700 g/mol. The van der Waals surface area contributed by atoms with Crippen LogP contribution in [0.25, 0.3) is 67.5 Å². The Morgan fingerprint density at radius 2 is 1.06 bits per heavy atom. The van der Waals surface area contributed by atoms with Gasteiger partial charge in [-0.1, -0.05) is 163 Å². The van der Waals surface area contributed by atoms with Crippen LogP contribution in [0.3, 0.4) is 0 Å². The minimum absolute atomic E-state index is 0.0460. The first kappa shape index (κ1) is 32.9. The highest BCUT2D eigenvalue weighted by molar-refractivity contribution is 5.97. The third-order valence-electron chi connectivity index (χ3n) is 13.0. The van der Waals surface area contributed by atoms with Crippen molar-refractivity contribution in [3.8, 4) is 67.5 Å². The Morgan fingerprint density at radius 3 is 1.81 bits per heavy atom. The number of hydrogen-bond donors (Lipinski definition) is 0. The molecule has 0 aliphatic heterocycles. The lowest BCUT2D eigenvalue weighted by Gasteiger charge is -2.40. The molecule has 3 aliphatic carbocycles.